The number of hydrogen-bond donors (Lipinski definition) is 1. The summed E-state index contributed by atoms with van der Waals surface area (Å²) in [4.78, 5) is 15.0. The normalized spacial score (nSPS) is 10.3. The third kappa shape index (κ3) is 2.40. The molecule has 1 rings (SSSR count). The molecule has 3 nitrogen and oxygen atoms in total. The minimum absolute atomic E-state index is 0.0695. The number of benzene rings is 1. The minimum atomic E-state index is -0.0695. The summed E-state index contributed by atoms with van der Waals surface area (Å²) < 4.78 is 0. The monoisotopic (exact) mass is 176 g/mol. The summed E-state index contributed by atoms with van der Waals surface area (Å²) in [5.74, 6) is -0.0695. The zero-order valence-electron chi connectivity index (χ0n) is 7.74. The molecule has 13 heavy (non-hydrogen) atoms. The van der Waals surface area contributed by atoms with E-state index in [4.69, 9.17) is 0 Å². The lowest BCUT2D eigenvalue weighted by molar-refractivity contribution is 0.0963. The molecule has 0 bridgehead atoms. The van der Waals surface area contributed by atoms with Crippen molar-refractivity contribution >= 4 is 12.1 Å². The maximum atomic E-state index is 11.1. The summed E-state index contributed by atoms with van der Waals surface area (Å²) >= 11 is 0. The highest BCUT2D eigenvalue weighted by Gasteiger charge is 2.00. The summed E-state index contributed by atoms with van der Waals surface area (Å²) in [7, 11) is 3.33. The first-order chi connectivity index (χ1) is 6.27. The Labute approximate surface area is 77.5 Å². The molecule has 0 aromatic heterocycles. The van der Waals surface area contributed by atoms with Gasteiger partial charge in [0.1, 0.15) is 0 Å². The highest BCUT2D eigenvalue weighted by Crippen LogP contribution is 2.01. The molecule has 1 amide bonds. The van der Waals surface area contributed by atoms with Crippen LogP contribution in [0.4, 0.5) is 0 Å². The predicted octanol–water partition coefficient (Wildman–Crippen LogP) is 1.09. The molecular weight excluding hydrogens is 164 g/mol. The molecule has 0 unspecified atom stereocenters. The van der Waals surface area contributed by atoms with Gasteiger partial charge in [0.05, 0.1) is 0 Å². The average molecular weight is 176 g/mol. The van der Waals surface area contributed by atoms with E-state index in [0.717, 1.165) is 5.56 Å². The van der Waals surface area contributed by atoms with Crippen LogP contribution in [0, 0.1) is 0 Å². The van der Waals surface area contributed by atoms with E-state index in [1.807, 2.05) is 12.1 Å². The van der Waals surface area contributed by atoms with Crippen molar-refractivity contribution in [3.63, 3.8) is 0 Å². The lowest BCUT2D eigenvalue weighted by Crippen LogP contribution is -2.17. The number of carbonyl (C=O) groups is 1. The number of carbonyl (C=O) groups excluding carboxylic acids is 1. The Balaban J connectivity index is 2.87. The van der Waals surface area contributed by atoms with Crippen molar-refractivity contribution in [2.24, 2.45) is 4.99 Å². The quantitative estimate of drug-likeness (QED) is 0.673. The van der Waals surface area contributed by atoms with Crippen molar-refractivity contribution in [1.29, 1.82) is 0 Å². The van der Waals surface area contributed by atoms with Crippen LogP contribution in [0.25, 0.3) is 0 Å². The SMILES string of the molecule is C/N=C\c1ccc(C(=O)NC)cc1. The van der Waals surface area contributed by atoms with Gasteiger partial charge in [0.15, 0.2) is 0 Å². The molecule has 0 heterocycles. The second-order valence-electron chi connectivity index (χ2n) is 2.59. The largest absolute Gasteiger partial charge is 0.355 e. The Bertz CT molecular complexity index is 314. The zero-order valence-corrected chi connectivity index (χ0v) is 7.74. The van der Waals surface area contributed by atoms with E-state index in [2.05, 4.69) is 10.3 Å². The fourth-order valence-corrected chi connectivity index (χ4v) is 1.01. The Morgan fingerprint density at radius 3 is 2.46 bits per heavy atom. The van der Waals surface area contributed by atoms with Gasteiger partial charge in [-0.25, -0.2) is 0 Å². The van der Waals surface area contributed by atoms with Crippen LogP contribution < -0.4 is 5.32 Å². The third-order valence-corrected chi connectivity index (χ3v) is 1.68. The fourth-order valence-electron chi connectivity index (χ4n) is 1.01. The second-order valence-corrected chi connectivity index (χ2v) is 2.59. The summed E-state index contributed by atoms with van der Waals surface area (Å²) in [5.41, 5.74) is 1.66. The Morgan fingerprint density at radius 1 is 1.38 bits per heavy atom. The van der Waals surface area contributed by atoms with Crippen molar-refractivity contribution in [1.82, 2.24) is 5.32 Å². The molecule has 0 aliphatic rings. The minimum Gasteiger partial charge on any atom is -0.355 e. The van der Waals surface area contributed by atoms with Gasteiger partial charge in [-0.15, -0.1) is 0 Å². The molecule has 1 N–H and O–H groups in total. The average Bonchev–Trinajstić information content (AvgIpc) is 2.18. The summed E-state index contributed by atoms with van der Waals surface area (Å²) in [6.07, 6.45) is 1.74. The highest BCUT2D eigenvalue weighted by atomic mass is 16.1. The maximum absolute atomic E-state index is 11.1. The van der Waals surface area contributed by atoms with E-state index in [0.29, 0.717) is 5.56 Å². The molecule has 0 saturated heterocycles. The molecule has 0 radical (unpaired) electrons. The van der Waals surface area contributed by atoms with Crippen molar-refractivity contribution in [2.75, 3.05) is 14.1 Å². The van der Waals surface area contributed by atoms with Gasteiger partial charge in [0.2, 0.25) is 0 Å². The van der Waals surface area contributed by atoms with Gasteiger partial charge in [-0.05, 0) is 17.7 Å². The van der Waals surface area contributed by atoms with Gasteiger partial charge in [-0.2, -0.15) is 0 Å². The highest BCUT2D eigenvalue weighted by molar-refractivity contribution is 5.94. The Hall–Kier alpha value is -1.64. The van der Waals surface area contributed by atoms with Crippen LogP contribution in [0.3, 0.4) is 0 Å². The Kier molecular flexibility index (Phi) is 3.20. The van der Waals surface area contributed by atoms with Gasteiger partial charge >= 0.3 is 0 Å². The molecule has 0 spiro atoms. The van der Waals surface area contributed by atoms with Crippen LogP contribution >= 0.6 is 0 Å². The van der Waals surface area contributed by atoms with E-state index in [1.54, 1.807) is 32.4 Å². The number of nitrogens with one attached hydrogen (secondary N) is 1. The predicted molar refractivity (Wildman–Crippen MR) is 53.4 cm³/mol. The van der Waals surface area contributed by atoms with Crippen LogP contribution in [0.5, 0.6) is 0 Å². The lowest BCUT2D eigenvalue weighted by atomic mass is 10.1. The topological polar surface area (TPSA) is 41.5 Å². The Morgan fingerprint density at radius 2 is 2.00 bits per heavy atom. The number of aliphatic imine (C=N–C) groups is 1. The summed E-state index contributed by atoms with van der Waals surface area (Å²) in [5, 5.41) is 2.56. The lowest BCUT2D eigenvalue weighted by Gasteiger charge is -1.98. The van der Waals surface area contributed by atoms with E-state index < -0.39 is 0 Å². The molecule has 0 saturated carbocycles. The van der Waals surface area contributed by atoms with Crippen molar-refractivity contribution < 1.29 is 4.79 Å². The summed E-state index contributed by atoms with van der Waals surface area (Å²) in [6.45, 7) is 0. The van der Waals surface area contributed by atoms with Crippen LogP contribution in [-0.4, -0.2) is 26.2 Å². The van der Waals surface area contributed by atoms with Gasteiger partial charge < -0.3 is 5.32 Å². The standard InChI is InChI=1S/C10H12N2O/c1-11-7-8-3-5-9(6-4-8)10(13)12-2/h3-7H,1-2H3,(H,12,13)/b11-7-. The molecule has 0 aliphatic carbocycles. The molecule has 68 valence electrons. The van der Waals surface area contributed by atoms with E-state index in [-0.39, 0.29) is 5.91 Å². The van der Waals surface area contributed by atoms with E-state index in [9.17, 15) is 4.79 Å². The van der Waals surface area contributed by atoms with Crippen molar-refractivity contribution in [2.45, 2.75) is 0 Å². The van der Waals surface area contributed by atoms with E-state index >= 15 is 0 Å². The van der Waals surface area contributed by atoms with Gasteiger partial charge in [-0.3, -0.25) is 9.79 Å². The first-order valence-corrected chi connectivity index (χ1v) is 4.02. The molecule has 0 fully saturated rings. The van der Waals surface area contributed by atoms with Crippen molar-refractivity contribution in [3.8, 4) is 0 Å². The first kappa shape index (κ1) is 9.45. The van der Waals surface area contributed by atoms with E-state index in [1.165, 1.54) is 0 Å². The number of nitrogens with zero attached hydrogens (tertiary/aromatic N) is 1. The number of amides is 1. The maximum Gasteiger partial charge on any atom is 0.251 e. The van der Waals surface area contributed by atoms with Crippen LogP contribution in [-0.2, 0) is 0 Å². The zero-order chi connectivity index (χ0) is 9.68. The molecule has 1 aromatic rings. The molecule has 0 aliphatic heterocycles. The van der Waals surface area contributed by atoms with Crippen LogP contribution in [0.15, 0.2) is 29.3 Å². The second kappa shape index (κ2) is 4.40. The summed E-state index contributed by atoms with van der Waals surface area (Å²) in [6, 6.07) is 7.26. The first-order valence-electron chi connectivity index (χ1n) is 4.02. The third-order valence-electron chi connectivity index (χ3n) is 1.68. The van der Waals surface area contributed by atoms with Crippen LogP contribution in [0.1, 0.15) is 15.9 Å². The van der Waals surface area contributed by atoms with Crippen LogP contribution in [0.2, 0.25) is 0 Å². The van der Waals surface area contributed by atoms with Gasteiger partial charge in [-0.1, -0.05) is 12.1 Å². The molecular formula is C10H12N2O. The molecule has 1 aromatic carbocycles. The molecule has 3 heteroatoms. The van der Waals surface area contributed by atoms with Gasteiger partial charge in [0.25, 0.3) is 5.91 Å². The number of hydrogen-bond acceptors (Lipinski definition) is 2. The van der Waals surface area contributed by atoms with Gasteiger partial charge in [0, 0.05) is 25.9 Å². The molecule has 0 atom stereocenters. The van der Waals surface area contributed by atoms with Crippen molar-refractivity contribution in [3.05, 3.63) is 35.4 Å². The number of rotatable bonds is 2. The smallest absolute Gasteiger partial charge is 0.251 e. The fraction of sp³-hybridized carbons (Fsp3) is 0.200.